The predicted molar refractivity (Wildman–Crippen MR) is 94.6 cm³/mol. The third kappa shape index (κ3) is 4.71. The van der Waals surface area contributed by atoms with E-state index >= 15 is 0 Å². The maximum atomic E-state index is 13.0. The van der Waals surface area contributed by atoms with Crippen molar-refractivity contribution in [1.29, 1.82) is 0 Å². The molecule has 1 aromatic carbocycles. The Kier molecular flexibility index (Phi) is 5.48. The van der Waals surface area contributed by atoms with Crippen molar-refractivity contribution in [2.75, 3.05) is 23.8 Å². The van der Waals surface area contributed by atoms with Crippen LogP contribution in [0, 0.1) is 5.82 Å². The van der Waals surface area contributed by atoms with Gasteiger partial charge in [0.25, 0.3) is 0 Å². The first-order valence-corrected chi connectivity index (χ1v) is 7.88. The van der Waals surface area contributed by atoms with Crippen molar-refractivity contribution >= 4 is 11.8 Å². The summed E-state index contributed by atoms with van der Waals surface area (Å²) in [4.78, 5) is 13.1. The second-order valence-electron chi connectivity index (χ2n) is 5.31. The summed E-state index contributed by atoms with van der Waals surface area (Å²) in [6, 6.07) is 13.7. The van der Waals surface area contributed by atoms with Crippen molar-refractivity contribution in [3.05, 3.63) is 66.1 Å². The molecular weight excluding hydrogens is 321 g/mol. The molecule has 25 heavy (non-hydrogen) atoms. The first kappa shape index (κ1) is 16.8. The molecule has 0 radical (unpaired) electrons. The SMILES string of the molecule is OCCNc1nc(NCc2ccc(F)cc2)cc(-c2ccccn2)n1. The highest BCUT2D eigenvalue weighted by atomic mass is 19.1. The Morgan fingerprint density at radius 1 is 0.960 bits per heavy atom. The van der Waals surface area contributed by atoms with Gasteiger partial charge < -0.3 is 15.7 Å². The van der Waals surface area contributed by atoms with E-state index in [1.807, 2.05) is 18.2 Å². The van der Waals surface area contributed by atoms with E-state index in [4.69, 9.17) is 5.11 Å². The number of pyridine rings is 1. The standard InChI is InChI=1S/C18H18FN5O/c19-14-6-4-13(5-7-14)12-22-17-11-16(15-3-1-2-8-20-15)23-18(24-17)21-9-10-25/h1-8,11,25H,9-10,12H2,(H2,21,22,23,24). The Bertz CT molecular complexity index is 811. The molecule has 0 saturated heterocycles. The molecule has 0 unspecified atom stereocenters. The molecule has 0 aliphatic heterocycles. The molecule has 3 rings (SSSR count). The van der Waals surface area contributed by atoms with Crippen molar-refractivity contribution in [3.63, 3.8) is 0 Å². The van der Waals surface area contributed by atoms with Crippen LogP contribution in [0.5, 0.6) is 0 Å². The Balaban J connectivity index is 1.82. The van der Waals surface area contributed by atoms with Crippen LogP contribution in [0.15, 0.2) is 54.7 Å². The monoisotopic (exact) mass is 339 g/mol. The van der Waals surface area contributed by atoms with Crippen molar-refractivity contribution < 1.29 is 9.50 Å². The van der Waals surface area contributed by atoms with Crippen molar-refractivity contribution in [2.45, 2.75) is 6.54 Å². The van der Waals surface area contributed by atoms with Gasteiger partial charge in [0.2, 0.25) is 5.95 Å². The zero-order chi connectivity index (χ0) is 17.5. The normalized spacial score (nSPS) is 10.5. The Labute approximate surface area is 144 Å². The highest BCUT2D eigenvalue weighted by Crippen LogP contribution is 2.20. The van der Waals surface area contributed by atoms with E-state index in [9.17, 15) is 4.39 Å². The summed E-state index contributed by atoms with van der Waals surface area (Å²) in [6.07, 6.45) is 1.70. The minimum absolute atomic E-state index is 0.0183. The van der Waals surface area contributed by atoms with E-state index in [2.05, 4.69) is 25.6 Å². The minimum atomic E-state index is -0.265. The molecule has 128 valence electrons. The number of nitrogens with zero attached hydrogens (tertiary/aromatic N) is 3. The number of aliphatic hydroxyl groups is 1. The maximum Gasteiger partial charge on any atom is 0.225 e. The molecule has 2 aromatic heterocycles. The van der Waals surface area contributed by atoms with Gasteiger partial charge in [0.05, 0.1) is 18.0 Å². The van der Waals surface area contributed by atoms with E-state index in [1.165, 1.54) is 12.1 Å². The van der Waals surface area contributed by atoms with Crippen molar-refractivity contribution in [2.24, 2.45) is 0 Å². The summed E-state index contributed by atoms with van der Waals surface area (Å²) in [5, 5.41) is 15.1. The molecule has 0 bridgehead atoms. The lowest BCUT2D eigenvalue weighted by atomic mass is 10.2. The Morgan fingerprint density at radius 3 is 2.52 bits per heavy atom. The van der Waals surface area contributed by atoms with Crippen LogP contribution in [-0.2, 0) is 6.54 Å². The molecule has 0 aliphatic carbocycles. The van der Waals surface area contributed by atoms with E-state index in [-0.39, 0.29) is 12.4 Å². The number of aromatic nitrogens is 3. The molecule has 3 N–H and O–H groups in total. The summed E-state index contributed by atoms with van der Waals surface area (Å²) in [5.41, 5.74) is 2.32. The average Bonchev–Trinajstić information content (AvgIpc) is 2.66. The fourth-order valence-electron chi connectivity index (χ4n) is 2.22. The van der Waals surface area contributed by atoms with Gasteiger partial charge in [-0.25, -0.2) is 9.37 Å². The average molecular weight is 339 g/mol. The van der Waals surface area contributed by atoms with Crippen LogP contribution in [-0.4, -0.2) is 33.2 Å². The van der Waals surface area contributed by atoms with Gasteiger partial charge in [0.15, 0.2) is 0 Å². The van der Waals surface area contributed by atoms with Gasteiger partial charge in [0.1, 0.15) is 11.6 Å². The molecule has 0 spiro atoms. The number of rotatable bonds is 7. The fourth-order valence-corrected chi connectivity index (χ4v) is 2.22. The topological polar surface area (TPSA) is 83.0 Å². The highest BCUT2D eigenvalue weighted by molar-refractivity contribution is 5.60. The number of halogens is 1. The lowest BCUT2D eigenvalue weighted by Gasteiger charge is -2.11. The quantitative estimate of drug-likeness (QED) is 0.614. The third-order valence-electron chi connectivity index (χ3n) is 3.44. The van der Waals surface area contributed by atoms with Gasteiger partial charge in [-0.2, -0.15) is 4.98 Å². The van der Waals surface area contributed by atoms with E-state index in [1.54, 1.807) is 24.4 Å². The number of hydrogen-bond acceptors (Lipinski definition) is 6. The molecule has 3 aromatic rings. The predicted octanol–water partition coefficient (Wildman–Crippen LogP) is 2.69. The Hall–Kier alpha value is -3.06. The summed E-state index contributed by atoms with van der Waals surface area (Å²) in [7, 11) is 0. The zero-order valence-electron chi connectivity index (χ0n) is 13.5. The lowest BCUT2D eigenvalue weighted by Crippen LogP contribution is -2.11. The van der Waals surface area contributed by atoms with Crippen molar-refractivity contribution in [3.8, 4) is 11.4 Å². The molecular formula is C18H18FN5O. The third-order valence-corrected chi connectivity index (χ3v) is 3.44. The van der Waals surface area contributed by atoms with Gasteiger partial charge >= 0.3 is 0 Å². The second kappa shape index (κ2) is 8.16. The number of aliphatic hydroxyl groups excluding tert-OH is 1. The van der Waals surface area contributed by atoms with Gasteiger partial charge in [-0.15, -0.1) is 0 Å². The molecule has 0 saturated carbocycles. The number of benzene rings is 1. The van der Waals surface area contributed by atoms with Crippen LogP contribution in [0.1, 0.15) is 5.56 Å². The molecule has 6 nitrogen and oxygen atoms in total. The van der Waals surface area contributed by atoms with Crippen LogP contribution < -0.4 is 10.6 Å². The first-order valence-electron chi connectivity index (χ1n) is 7.88. The molecule has 0 atom stereocenters. The fraction of sp³-hybridized carbons (Fsp3) is 0.167. The molecule has 0 aliphatic rings. The number of hydrogen-bond donors (Lipinski definition) is 3. The highest BCUT2D eigenvalue weighted by Gasteiger charge is 2.07. The second-order valence-corrected chi connectivity index (χ2v) is 5.31. The molecule has 0 fully saturated rings. The zero-order valence-corrected chi connectivity index (χ0v) is 13.5. The van der Waals surface area contributed by atoms with Crippen LogP contribution in [0.3, 0.4) is 0 Å². The van der Waals surface area contributed by atoms with Gasteiger partial charge in [-0.05, 0) is 29.8 Å². The van der Waals surface area contributed by atoms with E-state index in [0.29, 0.717) is 30.5 Å². The lowest BCUT2D eigenvalue weighted by molar-refractivity contribution is 0.311. The van der Waals surface area contributed by atoms with Gasteiger partial charge in [0, 0.05) is 25.4 Å². The van der Waals surface area contributed by atoms with Crippen LogP contribution in [0.4, 0.5) is 16.2 Å². The molecule has 2 heterocycles. The minimum Gasteiger partial charge on any atom is -0.395 e. The summed E-state index contributed by atoms with van der Waals surface area (Å²) in [5.74, 6) is 0.748. The van der Waals surface area contributed by atoms with E-state index < -0.39 is 0 Å². The molecule has 0 amide bonds. The Morgan fingerprint density at radius 2 is 1.80 bits per heavy atom. The maximum absolute atomic E-state index is 13.0. The number of anilines is 2. The van der Waals surface area contributed by atoms with Crippen LogP contribution in [0.2, 0.25) is 0 Å². The van der Waals surface area contributed by atoms with Gasteiger partial charge in [-0.1, -0.05) is 18.2 Å². The molecule has 7 heteroatoms. The van der Waals surface area contributed by atoms with Crippen molar-refractivity contribution in [1.82, 2.24) is 15.0 Å². The summed E-state index contributed by atoms with van der Waals surface area (Å²) < 4.78 is 13.0. The van der Waals surface area contributed by atoms with Gasteiger partial charge in [-0.3, -0.25) is 4.98 Å². The van der Waals surface area contributed by atoms with E-state index in [0.717, 1.165) is 11.3 Å². The first-order chi connectivity index (χ1) is 12.2. The largest absolute Gasteiger partial charge is 0.395 e. The van der Waals surface area contributed by atoms with Crippen LogP contribution >= 0.6 is 0 Å². The number of nitrogens with one attached hydrogen (secondary N) is 2. The summed E-state index contributed by atoms with van der Waals surface area (Å²) in [6.45, 7) is 0.830. The van der Waals surface area contributed by atoms with Crippen LogP contribution in [0.25, 0.3) is 11.4 Å². The summed E-state index contributed by atoms with van der Waals surface area (Å²) >= 11 is 0. The smallest absolute Gasteiger partial charge is 0.225 e.